The first-order valence-corrected chi connectivity index (χ1v) is 8.96. The van der Waals surface area contributed by atoms with E-state index in [1.807, 2.05) is 0 Å². The van der Waals surface area contributed by atoms with E-state index in [-0.39, 0.29) is 11.7 Å². The molecule has 0 spiro atoms. The maximum absolute atomic E-state index is 13.1. The van der Waals surface area contributed by atoms with E-state index in [1.54, 1.807) is 42.6 Å². The van der Waals surface area contributed by atoms with Gasteiger partial charge in [0.1, 0.15) is 22.9 Å². The SMILES string of the molecule is O=C(Nc1ccc2nc(-c3ccc(F)cc3)oc2c1)c1ccnc(C2CC2)n1. The number of rotatable bonds is 4. The third-order valence-electron chi connectivity index (χ3n) is 4.59. The zero-order valence-electron chi connectivity index (χ0n) is 14.7. The third kappa shape index (κ3) is 3.22. The molecule has 1 amide bonds. The fraction of sp³-hybridized carbons (Fsp3) is 0.143. The lowest BCUT2D eigenvalue weighted by Gasteiger charge is -2.05. The number of nitrogens with one attached hydrogen (secondary N) is 1. The van der Waals surface area contributed by atoms with E-state index in [4.69, 9.17) is 4.42 Å². The predicted octanol–water partition coefficient (Wildman–Crippen LogP) is 4.55. The smallest absolute Gasteiger partial charge is 0.274 e. The molecule has 2 heterocycles. The van der Waals surface area contributed by atoms with Crippen LogP contribution in [0.4, 0.5) is 10.1 Å². The van der Waals surface area contributed by atoms with E-state index in [2.05, 4.69) is 20.3 Å². The Kier molecular flexibility index (Phi) is 3.86. The van der Waals surface area contributed by atoms with Crippen molar-refractivity contribution in [3.63, 3.8) is 0 Å². The zero-order valence-corrected chi connectivity index (χ0v) is 14.7. The summed E-state index contributed by atoms with van der Waals surface area (Å²) >= 11 is 0. The lowest BCUT2D eigenvalue weighted by Crippen LogP contribution is -2.14. The second-order valence-electron chi connectivity index (χ2n) is 6.74. The average molecular weight is 374 g/mol. The van der Waals surface area contributed by atoms with Crippen molar-refractivity contribution in [2.45, 2.75) is 18.8 Å². The van der Waals surface area contributed by atoms with Gasteiger partial charge in [0, 0.05) is 29.4 Å². The highest BCUT2D eigenvalue weighted by Crippen LogP contribution is 2.37. The molecule has 1 aliphatic rings. The van der Waals surface area contributed by atoms with Crippen LogP contribution in [0.3, 0.4) is 0 Å². The van der Waals surface area contributed by atoms with Crippen LogP contribution in [0.5, 0.6) is 0 Å². The van der Waals surface area contributed by atoms with Gasteiger partial charge in [0.2, 0.25) is 5.89 Å². The minimum Gasteiger partial charge on any atom is -0.436 e. The Morgan fingerprint density at radius 2 is 1.89 bits per heavy atom. The van der Waals surface area contributed by atoms with Crippen molar-refractivity contribution in [2.24, 2.45) is 0 Å². The van der Waals surface area contributed by atoms with Crippen molar-refractivity contribution in [2.75, 3.05) is 5.32 Å². The van der Waals surface area contributed by atoms with Crippen LogP contribution in [0.25, 0.3) is 22.6 Å². The Morgan fingerprint density at radius 1 is 1.07 bits per heavy atom. The quantitative estimate of drug-likeness (QED) is 0.567. The molecule has 28 heavy (non-hydrogen) atoms. The molecule has 2 aromatic heterocycles. The number of benzene rings is 2. The second-order valence-corrected chi connectivity index (χ2v) is 6.74. The van der Waals surface area contributed by atoms with Crippen molar-refractivity contribution < 1.29 is 13.6 Å². The summed E-state index contributed by atoms with van der Waals surface area (Å²) in [6.45, 7) is 0. The molecule has 6 nitrogen and oxygen atoms in total. The fourth-order valence-corrected chi connectivity index (χ4v) is 2.95. The fourth-order valence-electron chi connectivity index (χ4n) is 2.95. The number of hydrogen-bond acceptors (Lipinski definition) is 5. The highest BCUT2D eigenvalue weighted by atomic mass is 19.1. The van der Waals surface area contributed by atoms with Crippen LogP contribution in [-0.4, -0.2) is 20.9 Å². The molecule has 0 atom stereocenters. The standard InChI is InChI=1S/C21H15FN4O2/c22-14-5-3-13(4-6-14)21-26-16-8-7-15(11-18(16)28-21)24-20(27)17-9-10-23-19(25-17)12-1-2-12/h3-12H,1-2H2,(H,24,27). The molecule has 1 aliphatic carbocycles. The minimum atomic E-state index is -0.320. The summed E-state index contributed by atoms with van der Waals surface area (Å²) in [6.07, 6.45) is 3.76. The predicted molar refractivity (Wildman–Crippen MR) is 101 cm³/mol. The number of carbonyl (C=O) groups excluding carboxylic acids is 1. The van der Waals surface area contributed by atoms with E-state index in [0.717, 1.165) is 18.7 Å². The van der Waals surface area contributed by atoms with Crippen LogP contribution in [0.1, 0.15) is 35.1 Å². The number of fused-ring (bicyclic) bond motifs is 1. The van der Waals surface area contributed by atoms with E-state index < -0.39 is 0 Å². The molecule has 1 saturated carbocycles. The summed E-state index contributed by atoms with van der Waals surface area (Å²) in [4.78, 5) is 25.5. The first-order valence-electron chi connectivity index (χ1n) is 8.96. The maximum atomic E-state index is 13.1. The van der Waals surface area contributed by atoms with Gasteiger partial charge in [-0.1, -0.05) is 0 Å². The molecule has 7 heteroatoms. The second kappa shape index (κ2) is 6.53. The molecular formula is C21H15FN4O2. The summed E-state index contributed by atoms with van der Waals surface area (Å²) < 4.78 is 18.9. The molecule has 0 unspecified atom stereocenters. The first kappa shape index (κ1) is 16.6. The molecule has 1 fully saturated rings. The van der Waals surface area contributed by atoms with Crippen molar-refractivity contribution >= 4 is 22.7 Å². The van der Waals surface area contributed by atoms with Gasteiger partial charge in [-0.2, -0.15) is 0 Å². The third-order valence-corrected chi connectivity index (χ3v) is 4.59. The number of halogens is 1. The number of anilines is 1. The monoisotopic (exact) mass is 374 g/mol. The van der Waals surface area contributed by atoms with E-state index in [0.29, 0.717) is 39.9 Å². The van der Waals surface area contributed by atoms with Crippen molar-refractivity contribution in [3.8, 4) is 11.5 Å². The Labute approximate surface area is 159 Å². The largest absolute Gasteiger partial charge is 0.436 e. The molecule has 0 saturated heterocycles. The maximum Gasteiger partial charge on any atom is 0.274 e. The van der Waals surface area contributed by atoms with Gasteiger partial charge in [-0.05, 0) is 55.3 Å². The Morgan fingerprint density at radius 3 is 2.68 bits per heavy atom. The van der Waals surface area contributed by atoms with Gasteiger partial charge >= 0.3 is 0 Å². The van der Waals surface area contributed by atoms with Crippen LogP contribution in [0.15, 0.2) is 59.1 Å². The number of nitrogens with zero attached hydrogens (tertiary/aromatic N) is 3. The van der Waals surface area contributed by atoms with Gasteiger partial charge in [0.05, 0.1) is 0 Å². The van der Waals surface area contributed by atoms with Gasteiger partial charge in [-0.3, -0.25) is 4.79 Å². The molecular weight excluding hydrogens is 359 g/mol. The molecule has 0 bridgehead atoms. The van der Waals surface area contributed by atoms with Crippen LogP contribution < -0.4 is 5.32 Å². The topological polar surface area (TPSA) is 80.9 Å². The number of amides is 1. The van der Waals surface area contributed by atoms with E-state index in [9.17, 15) is 9.18 Å². The lowest BCUT2D eigenvalue weighted by atomic mass is 10.2. The van der Waals surface area contributed by atoms with Gasteiger partial charge in [0.25, 0.3) is 5.91 Å². The minimum absolute atomic E-state index is 0.304. The van der Waals surface area contributed by atoms with Crippen molar-refractivity contribution in [1.29, 1.82) is 0 Å². The number of carbonyl (C=O) groups is 1. The molecule has 5 rings (SSSR count). The summed E-state index contributed by atoms with van der Waals surface area (Å²) in [7, 11) is 0. The van der Waals surface area contributed by atoms with Gasteiger partial charge in [-0.15, -0.1) is 0 Å². The zero-order chi connectivity index (χ0) is 19.1. The van der Waals surface area contributed by atoms with Crippen LogP contribution >= 0.6 is 0 Å². The highest BCUT2D eigenvalue weighted by molar-refractivity contribution is 6.03. The molecule has 2 aromatic carbocycles. The molecule has 138 valence electrons. The Hall–Kier alpha value is -3.61. The van der Waals surface area contributed by atoms with Crippen LogP contribution in [0, 0.1) is 5.82 Å². The summed E-state index contributed by atoms with van der Waals surface area (Å²) in [5.74, 6) is 0.871. The molecule has 1 N–H and O–H groups in total. The Bertz CT molecular complexity index is 1180. The van der Waals surface area contributed by atoms with Gasteiger partial charge < -0.3 is 9.73 Å². The Balaban J connectivity index is 1.39. The normalized spacial score (nSPS) is 13.6. The highest BCUT2D eigenvalue weighted by Gasteiger charge is 2.27. The number of oxazole rings is 1. The van der Waals surface area contributed by atoms with Gasteiger partial charge in [-0.25, -0.2) is 19.3 Å². The molecule has 4 aromatic rings. The number of hydrogen-bond donors (Lipinski definition) is 1. The van der Waals surface area contributed by atoms with Crippen LogP contribution in [-0.2, 0) is 0 Å². The first-order chi connectivity index (χ1) is 13.7. The molecule has 0 aliphatic heterocycles. The molecule has 0 radical (unpaired) electrons. The summed E-state index contributed by atoms with van der Waals surface area (Å²) in [5, 5.41) is 2.83. The van der Waals surface area contributed by atoms with E-state index >= 15 is 0 Å². The van der Waals surface area contributed by atoms with E-state index in [1.165, 1.54) is 12.1 Å². The van der Waals surface area contributed by atoms with Gasteiger partial charge in [0.15, 0.2) is 5.58 Å². The number of aromatic nitrogens is 3. The van der Waals surface area contributed by atoms with Crippen molar-refractivity contribution in [1.82, 2.24) is 15.0 Å². The lowest BCUT2D eigenvalue weighted by molar-refractivity contribution is 0.102. The van der Waals surface area contributed by atoms with Crippen LogP contribution in [0.2, 0.25) is 0 Å². The summed E-state index contributed by atoms with van der Waals surface area (Å²) in [6, 6.07) is 12.7. The van der Waals surface area contributed by atoms with Crippen molar-refractivity contribution in [3.05, 3.63) is 72.1 Å². The average Bonchev–Trinajstić information content (AvgIpc) is 3.48. The summed E-state index contributed by atoms with van der Waals surface area (Å²) in [5.41, 5.74) is 2.76.